The van der Waals surface area contributed by atoms with E-state index in [1.54, 1.807) is 18.2 Å². The Morgan fingerprint density at radius 2 is 1.77 bits per heavy atom. The van der Waals surface area contributed by atoms with Gasteiger partial charge in [0.1, 0.15) is 11.4 Å². The van der Waals surface area contributed by atoms with E-state index < -0.39 is 35.6 Å². The molecule has 0 saturated heterocycles. The van der Waals surface area contributed by atoms with E-state index in [0.717, 1.165) is 11.6 Å². The van der Waals surface area contributed by atoms with Gasteiger partial charge in [-0.15, -0.1) is 0 Å². The summed E-state index contributed by atoms with van der Waals surface area (Å²) >= 11 is 0. The average molecular weight is 412 g/mol. The predicted octanol–water partition coefficient (Wildman–Crippen LogP) is 2.15. The first kappa shape index (κ1) is 20.7. The molecule has 2 N–H and O–H groups in total. The van der Waals surface area contributed by atoms with Crippen LogP contribution in [-0.2, 0) is 14.3 Å². The number of carbonyl (C=O) groups excluding carboxylic acids is 3. The number of fused-ring (bicyclic) bond motifs is 1. The van der Waals surface area contributed by atoms with Crippen molar-refractivity contribution >= 4 is 34.4 Å². The lowest BCUT2D eigenvalue weighted by molar-refractivity contribution is -0.126. The standard InChI is InChI=1S/C21H17FN2O6/c1-12-2-7-17-15(8-12)16(25)9-18(30-17)21(28)29-11-20(27)23-10-19(26)24-14-5-3-13(22)4-6-14/h2-9H,10-11H2,1H3,(H,23,27)(H,24,26). The van der Waals surface area contributed by atoms with E-state index in [2.05, 4.69) is 10.6 Å². The third-order valence-corrected chi connectivity index (χ3v) is 3.99. The lowest BCUT2D eigenvalue weighted by Crippen LogP contribution is -2.35. The van der Waals surface area contributed by atoms with Crippen LogP contribution in [0.2, 0.25) is 0 Å². The fourth-order valence-electron chi connectivity index (χ4n) is 2.54. The van der Waals surface area contributed by atoms with Crippen molar-refractivity contribution in [3.8, 4) is 0 Å². The fraction of sp³-hybridized carbons (Fsp3) is 0.143. The van der Waals surface area contributed by atoms with Gasteiger partial charge in [0, 0.05) is 11.8 Å². The zero-order chi connectivity index (χ0) is 21.7. The normalized spacial score (nSPS) is 10.5. The monoisotopic (exact) mass is 412 g/mol. The van der Waals surface area contributed by atoms with Crippen LogP contribution in [0.4, 0.5) is 10.1 Å². The Hall–Kier alpha value is -4.01. The summed E-state index contributed by atoms with van der Waals surface area (Å²) in [7, 11) is 0. The van der Waals surface area contributed by atoms with Crippen LogP contribution in [0.1, 0.15) is 16.1 Å². The minimum atomic E-state index is -0.986. The van der Waals surface area contributed by atoms with Crippen LogP contribution in [0.25, 0.3) is 11.0 Å². The van der Waals surface area contributed by atoms with Gasteiger partial charge in [0.25, 0.3) is 5.91 Å². The van der Waals surface area contributed by atoms with E-state index in [9.17, 15) is 23.6 Å². The molecule has 30 heavy (non-hydrogen) atoms. The molecule has 2 aromatic carbocycles. The zero-order valence-electron chi connectivity index (χ0n) is 15.9. The van der Waals surface area contributed by atoms with Gasteiger partial charge in [-0.2, -0.15) is 0 Å². The second-order valence-electron chi connectivity index (χ2n) is 6.38. The molecule has 9 heteroatoms. The van der Waals surface area contributed by atoms with Gasteiger partial charge < -0.3 is 19.8 Å². The molecule has 3 rings (SSSR count). The van der Waals surface area contributed by atoms with E-state index in [1.807, 2.05) is 6.92 Å². The minimum absolute atomic E-state index is 0.224. The molecule has 2 amide bonds. The Labute approximate surface area is 169 Å². The first-order valence-corrected chi connectivity index (χ1v) is 8.85. The maximum absolute atomic E-state index is 12.8. The van der Waals surface area contributed by atoms with Crippen molar-refractivity contribution in [1.82, 2.24) is 5.32 Å². The molecule has 0 atom stereocenters. The Kier molecular flexibility index (Phi) is 6.21. The van der Waals surface area contributed by atoms with Gasteiger partial charge in [-0.1, -0.05) is 11.6 Å². The Bertz CT molecular complexity index is 1170. The number of rotatable bonds is 6. The molecule has 1 aromatic heterocycles. The zero-order valence-corrected chi connectivity index (χ0v) is 15.9. The fourth-order valence-corrected chi connectivity index (χ4v) is 2.54. The van der Waals surface area contributed by atoms with E-state index in [4.69, 9.17) is 9.15 Å². The van der Waals surface area contributed by atoms with Crippen molar-refractivity contribution in [2.45, 2.75) is 6.92 Å². The number of hydrogen-bond donors (Lipinski definition) is 2. The van der Waals surface area contributed by atoms with Gasteiger partial charge in [-0.25, -0.2) is 9.18 Å². The number of ether oxygens (including phenoxy) is 1. The summed E-state index contributed by atoms with van der Waals surface area (Å²) in [5.41, 5.74) is 1.05. The smallest absolute Gasteiger partial charge is 0.374 e. The molecule has 0 saturated carbocycles. The largest absolute Gasteiger partial charge is 0.450 e. The molecule has 0 bridgehead atoms. The van der Waals surface area contributed by atoms with Crippen LogP contribution >= 0.6 is 0 Å². The number of aryl methyl sites for hydroxylation is 1. The molecule has 0 spiro atoms. The highest BCUT2D eigenvalue weighted by molar-refractivity contribution is 5.95. The first-order valence-electron chi connectivity index (χ1n) is 8.85. The summed E-state index contributed by atoms with van der Waals surface area (Å²) in [6.45, 7) is 0.774. The predicted molar refractivity (Wildman–Crippen MR) is 106 cm³/mol. The number of anilines is 1. The lowest BCUT2D eigenvalue weighted by Gasteiger charge is -2.08. The summed E-state index contributed by atoms with van der Waals surface area (Å²) in [5, 5.41) is 5.07. The van der Waals surface area contributed by atoms with Crippen LogP contribution in [0.15, 0.2) is 57.7 Å². The number of amides is 2. The SMILES string of the molecule is Cc1ccc2oc(C(=O)OCC(=O)NCC(=O)Nc3ccc(F)cc3)cc(=O)c2c1. The van der Waals surface area contributed by atoms with Crippen molar-refractivity contribution in [2.24, 2.45) is 0 Å². The summed E-state index contributed by atoms with van der Waals surface area (Å²) in [6.07, 6.45) is 0. The van der Waals surface area contributed by atoms with Crippen molar-refractivity contribution in [2.75, 3.05) is 18.5 Å². The summed E-state index contributed by atoms with van der Waals surface area (Å²) in [4.78, 5) is 47.8. The minimum Gasteiger partial charge on any atom is -0.450 e. The Balaban J connectivity index is 1.50. The number of hydrogen-bond acceptors (Lipinski definition) is 6. The Morgan fingerprint density at radius 1 is 1.03 bits per heavy atom. The van der Waals surface area contributed by atoms with E-state index in [0.29, 0.717) is 11.1 Å². The number of halogens is 1. The maximum Gasteiger partial charge on any atom is 0.374 e. The number of carbonyl (C=O) groups is 3. The Morgan fingerprint density at radius 3 is 2.50 bits per heavy atom. The highest BCUT2D eigenvalue weighted by Gasteiger charge is 2.16. The molecule has 3 aromatic rings. The molecule has 0 radical (unpaired) electrons. The molecule has 8 nitrogen and oxygen atoms in total. The van der Waals surface area contributed by atoms with Crippen molar-refractivity contribution in [3.63, 3.8) is 0 Å². The summed E-state index contributed by atoms with van der Waals surface area (Å²) in [6, 6.07) is 11.0. The van der Waals surface area contributed by atoms with Crippen LogP contribution in [0, 0.1) is 12.7 Å². The molecule has 0 unspecified atom stereocenters. The van der Waals surface area contributed by atoms with Gasteiger partial charge in [0.2, 0.25) is 11.7 Å². The van der Waals surface area contributed by atoms with Gasteiger partial charge in [0.05, 0.1) is 11.9 Å². The average Bonchev–Trinajstić information content (AvgIpc) is 2.72. The quantitative estimate of drug-likeness (QED) is 0.600. The van der Waals surface area contributed by atoms with Crippen molar-refractivity contribution < 1.29 is 27.9 Å². The van der Waals surface area contributed by atoms with Gasteiger partial charge >= 0.3 is 5.97 Å². The molecular formula is C21H17FN2O6. The summed E-state index contributed by atoms with van der Waals surface area (Å²) in [5.74, 6) is -3.03. The van der Waals surface area contributed by atoms with Crippen molar-refractivity contribution in [3.05, 3.63) is 75.9 Å². The maximum atomic E-state index is 12.8. The molecular weight excluding hydrogens is 395 g/mol. The molecule has 154 valence electrons. The third-order valence-electron chi connectivity index (χ3n) is 3.99. The number of nitrogens with one attached hydrogen (secondary N) is 2. The van der Waals surface area contributed by atoms with Gasteiger partial charge in [0.15, 0.2) is 12.0 Å². The van der Waals surface area contributed by atoms with Crippen LogP contribution < -0.4 is 16.1 Å². The van der Waals surface area contributed by atoms with Gasteiger partial charge in [-0.05, 0) is 43.3 Å². The van der Waals surface area contributed by atoms with E-state index >= 15 is 0 Å². The summed E-state index contributed by atoms with van der Waals surface area (Å²) < 4.78 is 23.0. The number of esters is 1. The molecule has 0 fully saturated rings. The lowest BCUT2D eigenvalue weighted by atomic mass is 10.1. The molecule has 1 heterocycles. The van der Waals surface area contributed by atoms with Crippen LogP contribution in [0.3, 0.4) is 0 Å². The van der Waals surface area contributed by atoms with E-state index in [1.165, 1.54) is 24.3 Å². The molecule has 0 aliphatic heterocycles. The highest BCUT2D eigenvalue weighted by atomic mass is 19.1. The van der Waals surface area contributed by atoms with Crippen molar-refractivity contribution in [1.29, 1.82) is 0 Å². The topological polar surface area (TPSA) is 115 Å². The van der Waals surface area contributed by atoms with Gasteiger partial charge in [-0.3, -0.25) is 14.4 Å². The first-order chi connectivity index (χ1) is 14.3. The number of benzene rings is 2. The van der Waals surface area contributed by atoms with Crippen LogP contribution in [-0.4, -0.2) is 30.9 Å². The van der Waals surface area contributed by atoms with Crippen LogP contribution in [0.5, 0.6) is 0 Å². The second kappa shape index (κ2) is 8.99. The third kappa shape index (κ3) is 5.28. The molecule has 0 aliphatic carbocycles. The van der Waals surface area contributed by atoms with E-state index in [-0.39, 0.29) is 17.9 Å². The second-order valence-corrected chi connectivity index (χ2v) is 6.38. The highest BCUT2D eigenvalue weighted by Crippen LogP contribution is 2.14. The molecule has 0 aliphatic rings.